The van der Waals surface area contributed by atoms with Gasteiger partial charge in [0.2, 0.25) is 5.91 Å². The highest BCUT2D eigenvalue weighted by molar-refractivity contribution is 6.42. The van der Waals surface area contributed by atoms with Crippen LogP contribution in [0.5, 0.6) is 5.75 Å². The number of rotatable bonds is 11. The van der Waals surface area contributed by atoms with Gasteiger partial charge in [-0.2, -0.15) is 0 Å². The van der Waals surface area contributed by atoms with Crippen molar-refractivity contribution in [1.29, 1.82) is 0 Å². The minimum atomic E-state index is -0.762. The number of nitrogens with zero attached hydrogens (tertiary/aromatic N) is 1. The van der Waals surface area contributed by atoms with Crippen LogP contribution in [0.3, 0.4) is 0 Å². The maximum Gasteiger partial charge on any atom is 0.261 e. The van der Waals surface area contributed by atoms with Gasteiger partial charge in [0.15, 0.2) is 6.61 Å². The molecule has 0 aliphatic rings. The summed E-state index contributed by atoms with van der Waals surface area (Å²) in [5, 5.41) is 4.35. The number of benzene rings is 3. The lowest BCUT2D eigenvalue weighted by Gasteiger charge is -2.31. The molecule has 0 aromatic heterocycles. The highest BCUT2D eigenvalue weighted by Crippen LogP contribution is 2.24. The first-order valence-corrected chi connectivity index (χ1v) is 12.8. The summed E-state index contributed by atoms with van der Waals surface area (Å²) in [5.74, 6) is 0.203. The van der Waals surface area contributed by atoms with Gasteiger partial charge in [-0.3, -0.25) is 9.59 Å². The highest BCUT2D eigenvalue weighted by Gasteiger charge is 2.31. The average molecular weight is 548 g/mol. The first-order valence-electron chi connectivity index (χ1n) is 11.7. The lowest BCUT2D eigenvalue weighted by atomic mass is 10.0. The summed E-state index contributed by atoms with van der Waals surface area (Å²) < 4.78 is 5.73. The van der Waals surface area contributed by atoms with Crippen molar-refractivity contribution >= 4 is 46.6 Å². The topological polar surface area (TPSA) is 58.6 Å². The molecule has 0 radical (unpaired) electrons. The lowest BCUT2D eigenvalue weighted by Crippen LogP contribution is -2.52. The van der Waals surface area contributed by atoms with Crippen molar-refractivity contribution < 1.29 is 14.3 Å². The molecule has 3 rings (SSSR count). The van der Waals surface area contributed by atoms with Gasteiger partial charge < -0.3 is 15.0 Å². The van der Waals surface area contributed by atoms with Crippen molar-refractivity contribution in [3.8, 4) is 5.75 Å². The summed E-state index contributed by atoms with van der Waals surface area (Å²) in [5.41, 5.74) is 1.69. The minimum absolute atomic E-state index is 0.159. The molecule has 0 aliphatic heterocycles. The maximum absolute atomic E-state index is 13.5. The second-order valence-corrected chi connectivity index (χ2v) is 10.1. The van der Waals surface area contributed by atoms with Crippen LogP contribution < -0.4 is 10.1 Å². The van der Waals surface area contributed by atoms with Crippen LogP contribution in [0.1, 0.15) is 25.0 Å². The Kier molecular flexibility index (Phi) is 10.5. The summed E-state index contributed by atoms with van der Waals surface area (Å²) >= 11 is 18.3. The number of ether oxygens (including phenoxy) is 1. The number of nitrogens with one attached hydrogen (secondary N) is 1. The van der Waals surface area contributed by atoms with Crippen LogP contribution in [0.2, 0.25) is 15.1 Å². The molecular formula is C28H29Cl3N2O3. The van der Waals surface area contributed by atoms with Crippen LogP contribution in [0.15, 0.2) is 72.8 Å². The van der Waals surface area contributed by atoms with E-state index in [1.807, 2.05) is 44.2 Å². The molecule has 0 heterocycles. The molecular weight excluding hydrogens is 519 g/mol. The van der Waals surface area contributed by atoms with Gasteiger partial charge >= 0.3 is 0 Å². The van der Waals surface area contributed by atoms with Crippen molar-refractivity contribution in [2.45, 2.75) is 32.9 Å². The zero-order chi connectivity index (χ0) is 26.1. The standard InChI is InChI=1S/C28H29Cl3N2O3/c1-19(2)16-32-28(35)26(15-20-6-4-3-5-7-20)33(17-21-8-13-24(30)25(31)14-21)27(34)18-36-23-11-9-22(29)10-12-23/h3-14,19,26H,15-18H2,1-2H3,(H,32,35)/t26-/m0/s1. The number of halogens is 3. The molecule has 190 valence electrons. The number of hydrogen-bond acceptors (Lipinski definition) is 3. The molecule has 8 heteroatoms. The Morgan fingerprint density at radius 3 is 2.22 bits per heavy atom. The van der Waals surface area contributed by atoms with Gasteiger partial charge in [0.1, 0.15) is 11.8 Å². The summed E-state index contributed by atoms with van der Waals surface area (Å²) in [6.45, 7) is 4.45. The van der Waals surface area contributed by atoms with Crippen molar-refractivity contribution in [2.24, 2.45) is 5.92 Å². The fourth-order valence-electron chi connectivity index (χ4n) is 3.57. The Hall–Kier alpha value is -2.73. The van der Waals surface area contributed by atoms with Gasteiger partial charge in [-0.15, -0.1) is 0 Å². The monoisotopic (exact) mass is 546 g/mol. The molecule has 5 nitrogen and oxygen atoms in total. The third-order valence-electron chi connectivity index (χ3n) is 5.47. The van der Waals surface area contributed by atoms with E-state index in [4.69, 9.17) is 39.5 Å². The number of amides is 2. The van der Waals surface area contributed by atoms with Crippen LogP contribution in [0.25, 0.3) is 0 Å². The predicted octanol–water partition coefficient (Wildman–Crippen LogP) is 6.44. The first-order chi connectivity index (χ1) is 17.2. The molecule has 3 aromatic rings. The zero-order valence-electron chi connectivity index (χ0n) is 20.2. The van der Waals surface area contributed by atoms with E-state index in [0.29, 0.717) is 33.8 Å². The average Bonchev–Trinajstić information content (AvgIpc) is 2.86. The zero-order valence-corrected chi connectivity index (χ0v) is 22.5. The maximum atomic E-state index is 13.5. The molecule has 0 bridgehead atoms. The highest BCUT2D eigenvalue weighted by atomic mass is 35.5. The Bertz CT molecular complexity index is 1150. The number of carbonyl (C=O) groups excluding carboxylic acids is 2. The molecule has 0 aliphatic carbocycles. The van der Waals surface area contributed by atoms with Gasteiger partial charge in [-0.1, -0.05) is 85.0 Å². The summed E-state index contributed by atoms with van der Waals surface area (Å²) in [6, 6.07) is 20.8. The van der Waals surface area contributed by atoms with Gasteiger partial charge in [0.05, 0.1) is 10.0 Å². The molecule has 36 heavy (non-hydrogen) atoms. The molecule has 0 saturated heterocycles. The second-order valence-electron chi connectivity index (χ2n) is 8.86. The summed E-state index contributed by atoms with van der Waals surface area (Å²) in [4.78, 5) is 28.5. The lowest BCUT2D eigenvalue weighted by molar-refractivity contribution is -0.142. The van der Waals surface area contributed by atoms with Crippen molar-refractivity contribution in [2.75, 3.05) is 13.2 Å². The van der Waals surface area contributed by atoms with E-state index in [-0.39, 0.29) is 30.9 Å². The second kappa shape index (κ2) is 13.5. The van der Waals surface area contributed by atoms with E-state index in [9.17, 15) is 9.59 Å². The Morgan fingerprint density at radius 2 is 1.58 bits per heavy atom. The van der Waals surface area contributed by atoms with E-state index in [2.05, 4.69) is 5.32 Å². The smallest absolute Gasteiger partial charge is 0.261 e. The molecule has 0 saturated carbocycles. The number of carbonyl (C=O) groups is 2. The van der Waals surface area contributed by atoms with Crippen LogP contribution in [0.4, 0.5) is 0 Å². The number of hydrogen-bond donors (Lipinski definition) is 1. The molecule has 0 fully saturated rings. The first kappa shape index (κ1) is 27.9. The Balaban J connectivity index is 1.91. The van der Waals surface area contributed by atoms with Crippen LogP contribution in [-0.4, -0.2) is 35.9 Å². The van der Waals surface area contributed by atoms with E-state index >= 15 is 0 Å². The SMILES string of the molecule is CC(C)CNC(=O)[C@H](Cc1ccccc1)N(Cc1ccc(Cl)c(Cl)c1)C(=O)COc1ccc(Cl)cc1. The van der Waals surface area contributed by atoms with Crippen molar-refractivity contribution in [1.82, 2.24) is 10.2 Å². The fraction of sp³-hybridized carbons (Fsp3) is 0.286. The Labute approximate surface area is 227 Å². The van der Waals surface area contributed by atoms with Crippen molar-refractivity contribution in [3.05, 3.63) is 99.0 Å². The molecule has 2 amide bonds. The summed E-state index contributed by atoms with van der Waals surface area (Å²) in [6.07, 6.45) is 0.346. The molecule has 1 N–H and O–H groups in total. The Morgan fingerprint density at radius 1 is 0.889 bits per heavy atom. The molecule has 0 unspecified atom stereocenters. The fourth-order valence-corrected chi connectivity index (χ4v) is 4.02. The van der Waals surface area contributed by atoms with Gasteiger partial charge in [0, 0.05) is 24.5 Å². The van der Waals surface area contributed by atoms with E-state index in [1.54, 1.807) is 42.5 Å². The third kappa shape index (κ3) is 8.44. The predicted molar refractivity (Wildman–Crippen MR) is 146 cm³/mol. The molecule has 0 spiro atoms. The largest absolute Gasteiger partial charge is 0.484 e. The van der Waals surface area contributed by atoms with E-state index in [1.165, 1.54) is 4.90 Å². The van der Waals surface area contributed by atoms with E-state index in [0.717, 1.165) is 11.1 Å². The van der Waals surface area contributed by atoms with Gasteiger partial charge in [-0.25, -0.2) is 0 Å². The van der Waals surface area contributed by atoms with Crippen LogP contribution >= 0.6 is 34.8 Å². The molecule has 1 atom stereocenters. The third-order valence-corrected chi connectivity index (χ3v) is 6.46. The van der Waals surface area contributed by atoms with Crippen molar-refractivity contribution in [3.63, 3.8) is 0 Å². The van der Waals surface area contributed by atoms with E-state index < -0.39 is 6.04 Å². The summed E-state index contributed by atoms with van der Waals surface area (Å²) in [7, 11) is 0. The minimum Gasteiger partial charge on any atom is -0.484 e. The van der Waals surface area contributed by atoms with Gasteiger partial charge in [0.25, 0.3) is 5.91 Å². The quantitative estimate of drug-likeness (QED) is 0.301. The van der Waals surface area contributed by atoms with Crippen LogP contribution in [0, 0.1) is 5.92 Å². The normalized spacial score (nSPS) is 11.7. The molecule has 3 aromatic carbocycles. The van der Waals surface area contributed by atoms with Crippen LogP contribution in [-0.2, 0) is 22.6 Å². The van der Waals surface area contributed by atoms with Gasteiger partial charge in [-0.05, 0) is 53.4 Å².